The van der Waals surface area contributed by atoms with Gasteiger partial charge in [0.2, 0.25) is 0 Å². The van der Waals surface area contributed by atoms with E-state index in [0.29, 0.717) is 6.61 Å². The van der Waals surface area contributed by atoms with E-state index in [9.17, 15) is 0 Å². The molecule has 0 aliphatic heterocycles. The number of methoxy groups -OCH3 is 1. The summed E-state index contributed by atoms with van der Waals surface area (Å²) in [4.78, 5) is 0. The van der Waals surface area contributed by atoms with E-state index in [1.807, 2.05) is 25.1 Å². The van der Waals surface area contributed by atoms with Crippen molar-refractivity contribution in [3.8, 4) is 5.75 Å². The third kappa shape index (κ3) is 3.04. The molecule has 1 aromatic carbocycles. The Morgan fingerprint density at radius 1 is 1.11 bits per heavy atom. The van der Waals surface area contributed by atoms with Gasteiger partial charge in [-0.2, -0.15) is 0 Å². The molecule has 2 heteroatoms. The fourth-order valence-corrected chi connectivity index (χ4v) is 1.86. The number of benzene rings is 1. The zero-order valence-corrected chi connectivity index (χ0v) is 10.8. The molecule has 0 N–H and O–H groups in total. The predicted molar refractivity (Wildman–Crippen MR) is 74.4 cm³/mol. The molecule has 0 amide bonds. The minimum absolute atomic E-state index is 0.696. The summed E-state index contributed by atoms with van der Waals surface area (Å²) in [6.45, 7) is 2.68. The second-order valence-electron chi connectivity index (χ2n) is 4.02. The Kier molecular flexibility index (Phi) is 4.24. The summed E-state index contributed by atoms with van der Waals surface area (Å²) in [5.74, 6) is 1.89. The molecule has 94 valence electrons. The summed E-state index contributed by atoms with van der Waals surface area (Å²) in [7, 11) is 1.70. The number of hydrogen-bond acceptors (Lipinski definition) is 2. The predicted octanol–water partition coefficient (Wildman–Crippen LogP) is 3.96. The molecule has 2 nitrogen and oxygen atoms in total. The van der Waals surface area contributed by atoms with Gasteiger partial charge in [0.25, 0.3) is 0 Å². The Morgan fingerprint density at radius 2 is 1.89 bits per heavy atom. The van der Waals surface area contributed by atoms with Crippen LogP contribution in [0.4, 0.5) is 0 Å². The van der Waals surface area contributed by atoms with Gasteiger partial charge in [-0.05, 0) is 36.3 Å². The van der Waals surface area contributed by atoms with Crippen LogP contribution in [-0.2, 0) is 4.74 Å². The molecule has 18 heavy (non-hydrogen) atoms. The quantitative estimate of drug-likeness (QED) is 0.795. The van der Waals surface area contributed by atoms with E-state index in [0.717, 1.165) is 17.9 Å². The van der Waals surface area contributed by atoms with Crippen LogP contribution in [-0.4, -0.2) is 13.7 Å². The fourth-order valence-electron chi connectivity index (χ4n) is 1.86. The minimum atomic E-state index is 0.696. The third-order valence-corrected chi connectivity index (χ3v) is 2.83. The first-order valence-electron chi connectivity index (χ1n) is 6.18. The van der Waals surface area contributed by atoms with E-state index in [4.69, 9.17) is 9.47 Å². The molecule has 0 spiro atoms. The van der Waals surface area contributed by atoms with Crippen molar-refractivity contribution in [2.45, 2.75) is 13.3 Å². The van der Waals surface area contributed by atoms with Crippen molar-refractivity contribution >= 4 is 5.57 Å². The molecule has 0 aromatic heterocycles. The van der Waals surface area contributed by atoms with Crippen LogP contribution in [0.25, 0.3) is 5.57 Å². The van der Waals surface area contributed by atoms with Crippen LogP contribution in [0, 0.1) is 0 Å². The van der Waals surface area contributed by atoms with Crippen molar-refractivity contribution in [3.05, 3.63) is 59.9 Å². The summed E-state index contributed by atoms with van der Waals surface area (Å²) >= 11 is 0. The summed E-state index contributed by atoms with van der Waals surface area (Å²) < 4.78 is 10.7. The molecule has 1 aromatic rings. The molecule has 0 radical (unpaired) electrons. The third-order valence-electron chi connectivity index (χ3n) is 2.83. The van der Waals surface area contributed by atoms with Gasteiger partial charge in [-0.25, -0.2) is 0 Å². The van der Waals surface area contributed by atoms with Crippen LogP contribution < -0.4 is 4.74 Å². The Morgan fingerprint density at radius 3 is 2.56 bits per heavy atom. The normalized spacial score (nSPS) is 14.6. The van der Waals surface area contributed by atoms with Gasteiger partial charge in [-0.15, -0.1) is 0 Å². The van der Waals surface area contributed by atoms with E-state index in [2.05, 4.69) is 30.4 Å². The first-order valence-corrected chi connectivity index (χ1v) is 6.18. The summed E-state index contributed by atoms with van der Waals surface area (Å²) in [6, 6.07) is 8.15. The minimum Gasteiger partial charge on any atom is -0.501 e. The number of allylic oxidation sites excluding steroid dienone is 5. The summed E-state index contributed by atoms with van der Waals surface area (Å²) in [5.41, 5.74) is 2.37. The molecule has 2 rings (SSSR count). The molecule has 0 saturated carbocycles. The highest BCUT2D eigenvalue weighted by Crippen LogP contribution is 2.23. The topological polar surface area (TPSA) is 18.5 Å². The zero-order chi connectivity index (χ0) is 12.8. The van der Waals surface area contributed by atoms with E-state index >= 15 is 0 Å². The van der Waals surface area contributed by atoms with Gasteiger partial charge in [0, 0.05) is 6.42 Å². The van der Waals surface area contributed by atoms with Gasteiger partial charge in [0.15, 0.2) is 0 Å². The van der Waals surface area contributed by atoms with Gasteiger partial charge in [0.1, 0.15) is 5.75 Å². The first-order chi connectivity index (χ1) is 8.83. The average molecular weight is 242 g/mol. The summed E-state index contributed by atoms with van der Waals surface area (Å²) in [6.07, 6.45) is 9.18. The van der Waals surface area contributed by atoms with E-state index in [1.54, 1.807) is 7.11 Å². The Bertz CT molecular complexity index is 478. The second-order valence-corrected chi connectivity index (χ2v) is 4.02. The van der Waals surface area contributed by atoms with E-state index in [1.165, 1.54) is 11.1 Å². The highest BCUT2D eigenvalue weighted by atomic mass is 16.5. The van der Waals surface area contributed by atoms with Gasteiger partial charge in [-0.1, -0.05) is 30.4 Å². The lowest BCUT2D eigenvalue weighted by Crippen LogP contribution is -1.91. The molecule has 0 bridgehead atoms. The van der Waals surface area contributed by atoms with E-state index < -0.39 is 0 Å². The van der Waals surface area contributed by atoms with Crippen LogP contribution in [0.1, 0.15) is 18.9 Å². The number of hydrogen-bond donors (Lipinski definition) is 0. The van der Waals surface area contributed by atoms with Gasteiger partial charge >= 0.3 is 0 Å². The second kappa shape index (κ2) is 6.10. The zero-order valence-electron chi connectivity index (χ0n) is 10.8. The Hall–Kier alpha value is -1.96. The lowest BCUT2D eigenvalue weighted by Gasteiger charge is -2.05. The summed E-state index contributed by atoms with van der Waals surface area (Å²) in [5, 5.41) is 0. The maximum atomic E-state index is 5.44. The van der Waals surface area contributed by atoms with Crippen molar-refractivity contribution in [1.29, 1.82) is 0 Å². The number of rotatable bonds is 4. The number of ether oxygens (including phenoxy) is 2. The largest absolute Gasteiger partial charge is 0.501 e. The highest BCUT2D eigenvalue weighted by molar-refractivity contribution is 5.76. The smallest absolute Gasteiger partial charge is 0.119 e. The van der Waals surface area contributed by atoms with Crippen LogP contribution in [0.15, 0.2) is 54.3 Å². The van der Waals surface area contributed by atoms with Crippen molar-refractivity contribution in [3.63, 3.8) is 0 Å². The standard InChI is InChI=1S/C16H18O2/c1-3-18-16-11-8-14(9-12-16)13-5-4-6-15(17-2)10-7-13/h4-5,7-12H,3,6H2,1-2H3. The molecule has 1 aliphatic carbocycles. The van der Waals surface area contributed by atoms with Crippen LogP contribution in [0.5, 0.6) is 5.75 Å². The molecule has 0 unspecified atom stereocenters. The van der Waals surface area contributed by atoms with Crippen molar-refractivity contribution in [1.82, 2.24) is 0 Å². The highest BCUT2D eigenvalue weighted by Gasteiger charge is 2.02. The fraction of sp³-hybridized carbons (Fsp3) is 0.250. The molecule has 0 atom stereocenters. The van der Waals surface area contributed by atoms with Crippen LogP contribution in [0.2, 0.25) is 0 Å². The Balaban J connectivity index is 2.20. The maximum Gasteiger partial charge on any atom is 0.119 e. The maximum absolute atomic E-state index is 5.44. The Labute approximate surface area is 108 Å². The molecule has 0 saturated heterocycles. The molecular weight excluding hydrogens is 224 g/mol. The van der Waals surface area contributed by atoms with Crippen molar-refractivity contribution < 1.29 is 9.47 Å². The van der Waals surface area contributed by atoms with Crippen molar-refractivity contribution in [2.24, 2.45) is 0 Å². The SMILES string of the molecule is CCOc1ccc(C2=CC=C(OC)CC=C2)cc1. The lowest BCUT2D eigenvalue weighted by molar-refractivity contribution is 0.285. The van der Waals surface area contributed by atoms with Gasteiger partial charge < -0.3 is 9.47 Å². The van der Waals surface area contributed by atoms with Gasteiger partial charge in [0.05, 0.1) is 19.5 Å². The molecule has 1 aliphatic rings. The average Bonchev–Trinajstić information content (AvgIpc) is 2.65. The van der Waals surface area contributed by atoms with Gasteiger partial charge in [-0.3, -0.25) is 0 Å². The van der Waals surface area contributed by atoms with E-state index in [-0.39, 0.29) is 0 Å². The molecule has 0 heterocycles. The monoisotopic (exact) mass is 242 g/mol. The van der Waals surface area contributed by atoms with Crippen LogP contribution in [0.3, 0.4) is 0 Å². The van der Waals surface area contributed by atoms with Crippen LogP contribution >= 0.6 is 0 Å². The molecule has 0 fully saturated rings. The molecular formula is C16H18O2. The van der Waals surface area contributed by atoms with Crippen molar-refractivity contribution in [2.75, 3.05) is 13.7 Å². The first kappa shape index (κ1) is 12.5. The lowest BCUT2D eigenvalue weighted by atomic mass is 10.1.